The number of ether oxygens (including phenoxy) is 1. The van der Waals surface area contributed by atoms with Crippen LogP contribution in [0.5, 0.6) is 5.88 Å². The van der Waals surface area contributed by atoms with Crippen LogP contribution in [0.1, 0.15) is 24.8 Å². The fourth-order valence-corrected chi connectivity index (χ4v) is 2.55. The van der Waals surface area contributed by atoms with Gasteiger partial charge in [0.1, 0.15) is 11.1 Å². The Morgan fingerprint density at radius 3 is 3.16 bits per heavy atom. The summed E-state index contributed by atoms with van der Waals surface area (Å²) in [6.07, 6.45) is 5.52. The van der Waals surface area contributed by atoms with Crippen LogP contribution in [-0.2, 0) is 0 Å². The first kappa shape index (κ1) is 12.8. The zero-order valence-electron chi connectivity index (χ0n) is 11.1. The third-order valence-electron chi connectivity index (χ3n) is 3.58. The van der Waals surface area contributed by atoms with Gasteiger partial charge >= 0.3 is 0 Å². The highest BCUT2D eigenvalue weighted by Crippen LogP contribution is 2.23. The van der Waals surface area contributed by atoms with Gasteiger partial charge in [-0.2, -0.15) is 0 Å². The minimum atomic E-state index is 0.144. The number of nitrogens with one attached hydrogen (secondary N) is 1. The molecule has 2 aliphatic rings. The summed E-state index contributed by atoms with van der Waals surface area (Å²) in [5.74, 6) is 0.674. The van der Waals surface area contributed by atoms with E-state index in [9.17, 15) is 0 Å². The molecule has 0 saturated heterocycles. The lowest BCUT2D eigenvalue weighted by molar-refractivity contribution is 0.165. The van der Waals surface area contributed by atoms with Crippen molar-refractivity contribution in [3.63, 3.8) is 0 Å². The molecule has 0 spiro atoms. The molecule has 5 heteroatoms. The van der Waals surface area contributed by atoms with E-state index in [1.807, 2.05) is 19.2 Å². The molecular weight excluding hydrogens is 258 g/mol. The Balaban J connectivity index is 1.68. The van der Waals surface area contributed by atoms with Gasteiger partial charge in [0.2, 0.25) is 5.88 Å². The molecule has 1 aromatic heterocycles. The Labute approximate surface area is 119 Å². The summed E-state index contributed by atoms with van der Waals surface area (Å²) < 4.78 is 6.02. The van der Waals surface area contributed by atoms with Crippen molar-refractivity contribution >= 4 is 17.2 Å². The van der Waals surface area contributed by atoms with Gasteiger partial charge in [0.15, 0.2) is 0 Å². The molecule has 4 nitrogen and oxygen atoms in total. The highest BCUT2D eigenvalue weighted by molar-refractivity contribution is 7.80. The van der Waals surface area contributed by atoms with Crippen molar-refractivity contribution in [3.05, 3.63) is 23.9 Å². The number of aromatic nitrogens is 1. The molecule has 0 radical (unpaired) electrons. The van der Waals surface area contributed by atoms with Crippen LogP contribution < -0.4 is 10.1 Å². The smallest absolute Gasteiger partial charge is 0.224 e. The van der Waals surface area contributed by atoms with Gasteiger partial charge in [-0.25, -0.2) is 4.98 Å². The van der Waals surface area contributed by atoms with Crippen LogP contribution in [0.2, 0.25) is 0 Å². The quantitative estimate of drug-likeness (QED) is 0.846. The summed E-state index contributed by atoms with van der Waals surface area (Å²) in [5, 5.41) is 3.52. The van der Waals surface area contributed by atoms with Crippen molar-refractivity contribution in [2.45, 2.75) is 31.4 Å². The minimum Gasteiger partial charge on any atom is -0.472 e. The van der Waals surface area contributed by atoms with Crippen LogP contribution in [-0.4, -0.2) is 47.2 Å². The molecule has 1 aromatic rings. The number of nitrogens with zero attached hydrogens (tertiary/aromatic N) is 2. The second-order valence-electron chi connectivity index (χ2n) is 5.30. The maximum absolute atomic E-state index is 6.02. The minimum absolute atomic E-state index is 0.144. The van der Waals surface area contributed by atoms with Crippen molar-refractivity contribution in [1.82, 2.24) is 15.2 Å². The van der Waals surface area contributed by atoms with E-state index in [0.29, 0.717) is 5.88 Å². The number of hydrogen-bond acceptors (Lipinski definition) is 4. The van der Waals surface area contributed by atoms with Gasteiger partial charge < -0.3 is 15.0 Å². The lowest BCUT2D eigenvalue weighted by Gasteiger charge is -2.21. The van der Waals surface area contributed by atoms with Crippen LogP contribution in [0.3, 0.4) is 0 Å². The Bertz CT molecular complexity index is 476. The van der Waals surface area contributed by atoms with E-state index in [1.165, 1.54) is 12.8 Å². The van der Waals surface area contributed by atoms with Crippen molar-refractivity contribution in [2.75, 3.05) is 20.1 Å². The molecule has 102 valence electrons. The molecule has 3 rings (SSSR count). The summed E-state index contributed by atoms with van der Waals surface area (Å²) in [5.41, 5.74) is 0.928. The Morgan fingerprint density at radius 1 is 1.53 bits per heavy atom. The molecule has 2 heterocycles. The number of pyridine rings is 1. The molecule has 1 unspecified atom stereocenters. The third kappa shape index (κ3) is 3.04. The number of thiocarbonyl (C=S) groups is 1. The standard InChI is InChI=1S/C14H19N3OS/c1-17-9-11(6-8-15-10-4-5-10)18-13-12(14(17)19)3-2-7-16-13/h2-3,7,10-11,15H,4-6,8-9H2,1H3. The maximum Gasteiger partial charge on any atom is 0.224 e. The van der Waals surface area contributed by atoms with Gasteiger partial charge in [-0.3, -0.25) is 0 Å². The van der Waals surface area contributed by atoms with Crippen LogP contribution >= 0.6 is 12.2 Å². The monoisotopic (exact) mass is 277 g/mol. The van der Waals surface area contributed by atoms with E-state index < -0.39 is 0 Å². The molecule has 0 aromatic carbocycles. The van der Waals surface area contributed by atoms with Crippen LogP contribution in [0, 0.1) is 0 Å². The first-order valence-electron chi connectivity index (χ1n) is 6.84. The van der Waals surface area contributed by atoms with E-state index in [-0.39, 0.29) is 6.10 Å². The van der Waals surface area contributed by atoms with Gasteiger partial charge in [0.25, 0.3) is 0 Å². The summed E-state index contributed by atoms with van der Waals surface area (Å²) >= 11 is 5.48. The molecule has 0 amide bonds. The third-order valence-corrected chi connectivity index (χ3v) is 4.11. The van der Waals surface area contributed by atoms with E-state index in [1.54, 1.807) is 6.20 Å². The molecule has 1 saturated carbocycles. The number of fused-ring (bicyclic) bond motifs is 1. The van der Waals surface area contributed by atoms with Gasteiger partial charge in [-0.1, -0.05) is 12.2 Å². The SMILES string of the molecule is CN1CC(CCNC2CC2)Oc2ncccc2C1=S. The zero-order chi connectivity index (χ0) is 13.2. The molecule has 1 N–H and O–H groups in total. The van der Waals surface area contributed by atoms with Crippen LogP contribution in [0.4, 0.5) is 0 Å². The van der Waals surface area contributed by atoms with Crippen LogP contribution in [0.25, 0.3) is 0 Å². The van der Waals surface area contributed by atoms with Crippen molar-refractivity contribution in [2.24, 2.45) is 0 Å². The Kier molecular flexibility index (Phi) is 3.66. The first-order valence-corrected chi connectivity index (χ1v) is 7.25. The summed E-state index contributed by atoms with van der Waals surface area (Å²) in [4.78, 5) is 7.22. The maximum atomic E-state index is 6.02. The average Bonchev–Trinajstić information content (AvgIpc) is 3.22. The van der Waals surface area contributed by atoms with Gasteiger partial charge in [-0.15, -0.1) is 0 Å². The summed E-state index contributed by atoms with van der Waals surface area (Å²) in [6.45, 7) is 1.82. The summed E-state index contributed by atoms with van der Waals surface area (Å²) in [7, 11) is 2.02. The van der Waals surface area contributed by atoms with Crippen molar-refractivity contribution in [1.29, 1.82) is 0 Å². The fourth-order valence-electron chi connectivity index (χ4n) is 2.32. The first-order chi connectivity index (χ1) is 9.24. The largest absolute Gasteiger partial charge is 0.472 e. The molecule has 1 aliphatic carbocycles. The molecule has 1 aliphatic heterocycles. The number of hydrogen-bond donors (Lipinski definition) is 1. The van der Waals surface area contributed by atoms with Gasteiger partial charge in [-0.05, 0) is 37.9 Å². The topological polar surface area (TPSA) is 37.4 Å². The van der Waals surface area contributed by atoms with Gasteiger partial charge in [0.05, 0.1) is 12.1 Å². The predicted molar refractivity (Wildman–Crippen MR) is 78.6 cm³/mol. The summed E-state index contributed by atoms with van der Waals surface area (Å²) in [6, 6.07) is 4.62. The van der Waals surface area contributed by atoms with Crippen molar-refractivity contribution < 1.29 is 4.74 Å². The van der Waals surface area contributed by atoms with Crippen LogP contribution in [0.15, 0.2) is 18.3 Å². The highest BCUT2D eigenvalue weighted by atomic mass is 32.1. The second-order valence-corrected chi connectivity index (χ2v) is 5.69. The lowest BCUT2D eigenvalue weighted by Crippen LogP contribution is -2.35. The average molecular weight is 277 g/mol. The molecule has 19 heavy (non-hydrogen) atoms. The molecule has 0 bridgehead atoms. The number of likely N-dealkylation sites (N-methyl/N-ethyl adjacent to an activating group) is 1. The molecular formula is C14H19N3OS. The van der Waals surface area contributed by atoms with E-state index in [0.717, 1.165) is 36.1 Å². The highest BCUT2D eigenvalue weighted by Gasteiger charge is 2.26. The van der Waals surface area contributed by atoms with E-state index in [2.05, 4.69) is 15.2 Å². The van der Waals surface area contributed by atoms with E-state index >= 15 is 0 Å². The zero-order valence-corrected chi connectivity index (χ0v) is 11.9. The second kappa shape index (κ2) is 5.43. The number of rotatable bonds is 4. The molecule has 1 atom stereocenters. The Hall–Kier alpha value is -1.20. The van der Waals surface area contributed by atoms with E-state index in [4.69, 9.17) is 17.0 Å². The molecule has 1 fully saturated rings. The fraction of sp³-hybridized carbons (Fsp3) is 0.571. The van der Waals surface area contributed by atoms with Gasteiger partial charge in [0, 0.05) is 19.3 Å². The normalized spacial score (nSPS) is 22.7. The van der Waals surface area contributed by atoms with Crippen molar-refractivity contribution in [3.8, 4) is 5.88 Å². The Morgan fingerprint density at radius 2 is 2.37 bits per heavy atom. The predicted octanol–water partition coefficient (Wildman–Crippen LogP) is 1.59. The lowest BCUT2D eigenvalue weighted by atomic mass is 10.2.